The molecule has 0 heterocycles. The first-order valence-corrected chi connectivity index (χ1v) is 7.36. The van der Waals surface area contributed by atoms with Crippen molar-refractivity contribution in [2.75, 3.05) is 5.32 Å². The minimum atomic E-state index is -3.17. The number of hydrogen-bond donors (Lipinski definition) is 1. The molecule has 0 spiro atoms. The Morgan fingerprint density at radius 1 is 1.17 bits per heavy atom. The Balaban J connectivity index is 2.85. The number of sulfone groups is 1. The third-order valence-corrected chi connectivity index (χ3v) is 5.14. The van der Waals surface area contributed by atoms with E-state index in [-0.39, 0.29) is 11.7 Å². The number of anilines is 1. The van der Waals surface area contributed by atoms with E-state index in [1.807, 2.05) is 0 Å². The Bertz CT molecular complexity index is 524. The van der Waals surface area contributed by atoms with Crippen LogP contribution in [-0.2, 0) is 20.4 Å². The molecule has 0 bridgehead atoms. The van der Waals surface area contributed by atoms with Gasteiger partial charge in [-0.1, -0.05) is 12.1 Å². The van der Waals surface area contributed by atoms with Gasteiger partial charge in [0, 0.05) is 12.6 Å². The summed E-state index contributed by atoms with van der Waals surface area (Å²) in [5, 5.41) is 2.64. The van der Waals surface area contributed by atoms with Gasteiger partial charge >= 0.3 is 0 Å². The van der Waals surface area contributed by atoms with Gasteiger partial charge in [-0.15, -0.1) is 0 Å². The van der Waals surface area contributed by atoms with Gasteiger partial charge in [-0.05, 0) is 38.5 Å². The number of carbonyl (C=O) groups excluding carboxylic acids is 1. The van der Waals surface area contributed by atoms with E-state index in [0.717, 1.165) is 5.56 Å². The number of hydrogen-bond acceptors (Lipinski definition) is 3. The molecule has 1 N–H and O–H groups in total. The van der Waals surface area contributed by atoms with Crippen LogP contribution in [0.15, 0.2) is 24.3 Å². The maximum Gasteiger partial charge on any atom is 0.221 e. The van der Waals surface area contributed by atoms with Crippen molar-refractivity contribution in [1.82, 2.24) is 0 Å². The second-order valence-electron chi connectivity index (χ2n) is 5.25. The molecule has 0 saturated carbocycles. The van der Waals surface area contributed by atoms with Crippen molar-refractivity contribution in [2.24, 2.45) is 0 Å². The molecule has 0 unspecified atom stereocenters. The van der Waals surface area contributed by atoms with Crippen molar-refractivity contribution in [3.63, 3.8) is 0 Å². The van der Waals surface area contributed by atoms with E-state index in [9.17, 15) is 13.2 Å². The van der Waals surface area contributed by atoms with Gasteiger partial charge in [0.15, 0.2) is 9.84 Å². The fraction of sp³-hybridized carbons (Fsp3) is 0.462. The lowest BCUT2D eigenvalue weighted by Gasteiger charge is -2.19. The number of nitrogens with one attached hydrogen (secondary N) is 1. The average molecular weight is 269 g/mol. The Morgan fingerprint density at radius 2 is 1.67 bits per heavy atom. The summed E-state index contributed by atoms with van der Waals surface area (Å²) in [5.41, 5.74) is 1.39. The molecule has 100 valence electrons. The minimum Gasteiger partial charge on any atom is -0.326 e. The molecule has 1 amide bonds. The molecule has 1 aromatic carbocycles. The predicted molar refractivity (Wildman–Crippen MR) is 73.1 cm³/mol. The Hall–Kier alpha value is -1.36. The summed E-state index contributed by atoms with van der Waals surface area (Å²) in [7, 11) is -3.17. The molecular formula is C13H19NO3S. The van der Waals surface area contributed by atoms with Crippen molar-refractivity contribution in [3.05, 3.63) is 29.8 Å². The van der Waals surface area contributed by atoms with Crippen LogP contribution >= 0.6 is 0 Å². The van der Waals surface area contributed by atoms with Crippen molar-refractivity contribution in [1.29, 1.82) is 0 Å². The van der Waals surface area contributed by atoms with E-state index in [1.165, 1.54) is 6.92 Å². The summed E-state index contributed by atoms with van der Waals surface area (Å²) >= 11 is 0. The zero-order valence-electron chi connectivity index (χ0n) is 11.1. The first-order chi connectivity index (χ1) is 8.12. The first-order valence-electron chi connectivity index (χ1n) is 5.71. The Morgan fingerprint density at radius 3 is 2.06 bits per heavy atom. The zero-order valence-corrected chi connectivity index (χ0v) is 12.0. The summed E-state index contributed by atoms with van der Waals surface area (Å²) in [6, 6.07) is 6.84. The molecule has 1 rings (SSSR count). The first kappa shape index (κ1) is 14.7. The largest absolute Gasteiger partial charge is 0.326 e. The van der Waals surface area contributed by atoms with Crippen LogP contribution in [0, 0.1) is 0 Å². The highest BCUT2D eigenvalue weighted by atomic mass is 32.2. The zero-order chi connectivity index (χ0) is 14.0. The molecule has 0 aromatic heterocycles. The van der Waals surface area contributed by atoms with Crippen LogP contribution in [-0.4, -0.2) is 19.1 Å². The van der Waals surface area contributed by atoms with Crippen LogP contribution < -0.4 is 5.32 Å². The van der Waals surface area contributed by atoms with Crippen molar-refractivity contribution in [2.45, 2.75) is 38.2 Å². The number of amides is 1. The highest BCUT2D eigenvalue weighted by molar-refractivity contribution is 7.91. The van der Waals surface area contributed by atoms with Gasteiger partial charge < -0.3 is 5.32 Å². The Kier molecular flexibility index (Phi) is 4.16. The maximum atomic E-state index is 12.0. The van der Waals surface area contributed by atoms with E-state index in [4.69, 9.17) is 0 Å². The molecule has 4 nitrogen and oxygen atoms in total. The molecule has 5 heteroatoms. The molecule has 0 saturated heterocycles. The van der Waals surface area contributed by atoms with E-state index >= 15 is 0 Å². The van der Waals surface area contributed by atoms with E-state index in [1.54, 1.807) is 45.0 Å². The fourth-order valence-electron chi connectivity index (χ4n) is 1.32. The van der Waals surface area contributed by atoms with Gasteiger partial charge in [-0.2, -0.15) is 0 Å². The minimum absolute atomic E-state index is 0.0108. The topological polar surface area (TPSA) is 63.2 Å². The SMILES string of the molecule is CC(=O)Nc1ccc(CS(=O)(=O)C(C)(C)C)cc1. The van der Waals surface area contributed by atoms with Crippen molar-refractivity contribution >= 4 is 21.4 Å². The smallest absolute Gasteiger partial charge is 0.221 e. The molecule has 0 aliphatic heterocycles. The average Bonchev–Trinajstić information content (AvgIpc) is 2.18. The molecule has 0 radical (unpaired) electrons. The van der Waals surface area contributed by atoms with Gasteiger partial charge in [0.25, 0.3) is 0 Å². The highest BCUT2D eigenvalue weighted by Gasteiger charge is 2.28. The molecule has 0 fully saturated rings. The Labute approximate surface area is 108 Å². The summed E-state index contributed by atoms with van der Waals surface area (Å²) in [6.45, 7) is 6.49. The van der Waals surface area contributed by atoms with Gasteiger partial charge in [0.05, 0.1) is 10.5 Å². The third-order valence-electron chi connectivity index (χ3n) is 2.56. The molecule has 1 aromatic rings. The second kappa shape index (κ2) is 5.10. The number of carbonyl (C=O) groups is 1. The third kappa shape index (κ3) is 3.84. The van der Waals surface area contributed by atoms with Gasteiger partial charge in [0.2, 0.25) is 5.91 Å². The van der Waals surface area contributed by atoms with E-state index in [2.05, 4.69) is 5.32 Å². The molecule has 0 atom stereocenters. The summed E-state index contributed by atoms with van der Waals surface area (Å²) in [5.74, 6) is -0.137. The van der Waals surface area contributed by atoms with Gasteiger partial charge in [-0.3, -0.25) is 4.79 Å². The summed E-state index contributed by atoms with van der Waals surface area (Å²) in [4.78, 5) is 10.9. The van der Waals surface area contributed by atoms with Crippen molar-refractivity contribution < 1.29 is 13.2 Å². The van der Waals surface area contributed by atoms with Crippen LogP contribution in [0.2, 0.25) is 0 Å². The lowest BCUT2D eigenvalue weighted by atomic mass is 10.2. The quantitative estimate of drug-likeness (QED) is 0.916. The van der Waals surface area contributed by atoms with Crippen LogP contribution in [0.4, 0.5) is 5.69 Å². The maximum absolute atomic E-state index is 12.0. The number of rotatable bonds is 3. The molecule has 0 aliphatic rings. The summed E-state index contributed by atoms with van der Waals surface area (Å²) in [6.07, 6.45) is 0. The molecule has 18 heavy (non-hydrogen) atoms. The molecule has 0 aliphatic carbocycles. The van der Waals surface area contributed by atoms with Crippen LogP contribution in [0.1, 0.15) is 33.3 Å². The van der Waals surface area contributed by atoms with Gasteiger partial charge in [-0.25, -0.2) is 8.42 Å². The van der Waals surface area contributed by atoms with Crippen LogP contribution in [0.5, 0.6) is 0 Å². The van der Waals surface area contributed by atoms with E-state index in [0.29, 0.717) is 5.69 Å². The van der Waals surface area contributed by atoms with E-state index < -0.39 is 14.6 Å². The lowest BCUT2D eigenvalue weighted by Crippen LogP contribution is -2.29. The molecular weight excluding hydrogens is 250 g/mol. The number of benzene rings is 1. The summed E-state index contributed by atoms with van der Waals surface area (Å²) < 4.78 is 23.3. The lowest BCUT2D eigenvalue weighted by molar-refractivity contribution is -0.114. The van der Waals surface area contributed by atoms with Crippen LogP contribution in [0.25, 0.3) is 0 Å². The second-order valence-corrected chi connectivity index (χ2v) is 7.99. The predicted octanol–water partition coefficient (Wildman–Crippen LogP) is 2.36. The van der Waals surface area contributed by atoms with Crippen molar-refractivity contribution in [3.8, 4) is 0 Å². The standard InChI is InChI=1S/C13H19NO3S/c1-10(15)14-12-7-5-11(6-8-12)9-18(16,17)13(2,3)4/h5-8H,9H2,1-4H3,(H,14,15). The van der Waals surface area contributed by atoms with Crippen LogP contribution in [0.3, 0.4) is 0 Å². The normalized spacial score (nSPS) is 12.2. The van der Waals surface area contributed by atoms with Gasteiger partial charge in [0.1, 0.15) is 0 Å². The highest BCUT2D eigenvalue weighted by Crippen LogP contribution is 2.21. The fourth-order valence-corrected chi connectivity index (χ4v) is 2.39. The monoisotopic (exact) mass is 269 g/mol.